The Balaban J connectivity index is 2.28. The van der Waals surface area contributed by atoms with E-state index in [1.807, 2.05) is 20.8 Å². The maximum absolute atomic E-state index is 11.7. The molecular formula is C15H26O5. The highest BCUT2D eigenvalue weighted by Gasteiger charge is 2.29. The Labute approximate surface area is 120 Å². The SMILES string of the molecule is CC(C)(C)OC(=O)C[C@@H]1CC[C@@H](C(=O)CCCO)OC1. The number of carbonyl (C=O) groups excluding carboxylic acids is 2. The number of carbonyl (C=O) groups is 2. The predicted octanol–water partition coefficient (Wildman–Crippen LogP) is 1.85. The van der Waals surface area contributed by atoms with Crippen LogP contribution in [0.15, 0.2) is 0 Å². The topological polar surface area (TPSA) is 72.8 Å². The average Bonchev–Trinajstić information content (AvgIpc) is 2.34. The van der Waals surface area contributed by atoms with E-state index in [4.69, 9.17) is 14.6 Å². The summed E-state index contributed by atoms with van der Waals surface area (Å²) in [6.45, 7) is 5.99. The monoisotopic (exact) mass is 286 g/mol. The van der Waals surface area contributed by atoms with Crippen LogP contribution in [0.2, 0.25) is 0 Å². The summed E-state index contributed by atoms with van der Waals surface area (Å²) in [7, 11) is 0. The minimum Gasteiger partial charge on any atom is -0.460 e. The number of esters is 1. The molecule has 5 nitrogen and oxygen atoms in total. The van der Waals surface area contributed by atoms with Crippen LogP contribution in [0.3, 0.4) is 0 Å². The molecular weight excluding hydrogens is 260 g/mol. The second-order valence-corrected chi connectivity index (χ2v) is 6.35. The number of hydrogen-bond acceptors (Lipinski definition) is 5. The molecule has 5 heteroatoms. The zero-order valence-electron chi connectivity index (χ0n) is 12.7. The van der Waals surface area contributed by atoms with E-state index in [0.717, 1.165) is 6.42 Å². The van der Waals surface area contributed by atoms with Crippen molar-refractivity contribution in [2.75, 3.05) is 13.2 Å². The first-order chi connectivity index (χ1) is 9.31. The van der Waals surface area contributed by atoms with Crippen LogP contribution in [-0.2, 0) is 19.1 Å². The molecule has 0 aromatic heterocycles. The van der Waals surface area contributed by atoms with Crippen LogP contribution in [0.4, 0.5) is 0 Å². The third-order valence-corrected chi connectivity index (χ3v) is 3.19. The maximum Gasteiger partial charge on any atom is 0.306 e. The molecule has 1 N–H and O–H groups in total. The highest BCUT2D eigenvalue weighted by atomic mass is 16.6. The first kappa shape index (κ1) is 17.1. The Morgan fingerprint density at radius 1 is 1.30 bits per heavy atom. The molecule has 116 valence electrons. The highest BCUT2D eigenvalue weighted by Crippen LogP contribution is 2.24. The Kier molecular flexibility index (Phi) is 6.62. The molecule has 0 aliphatic carbocycles. The Morgan fingerprint density at radius 2 is 2.00 bits per heavy atom. The summed E-state index contributed by atoms with van der Waals surface area (Å²) < 4.78 is 10.8. The van der Waals surface area contributed by atoms with Gasteiger partial charge in [-0.15, -0.1) is 0 Å². The molecule has 1 aliphatic heterocycles. The van der Waals surface area contributed by atoms with E-state index in [1.165, 1.54) is 0 Å². The molecule has 0 aromatic carbocycles. The number of aliphatic hydroxyl groups excluding tert-OH is 1. The molecule has 20 heavy (non-hydrogen) atoms. The van der Waals surface area contributed by atoms with Crippen LogP contribution in [0.25, 0.3) is 0 Å². The van der Waals surface area contributed by atoms with Gasteiger partial charge in [0.1, 0.15) is 11.7 Å². The minimum absolute atomic E-state index is 0.0275. The normalized spacial score (nSPS) is 23.4. The van der Waals surface area contributed by atoms with E-state index >= 15 is 0 Å². The van der Waals surface area contributed by atoms with Crippen molar-refractivity contribution in [3.63, 3.8) is 0 Å². The van der Waals surface area contributed by atoms with Gasteiger partial charge in [0.05, 0.1) is 13.0 Å². The average molecular weight is 286 g/mol. The van der Waals surface area contributed by atoms with Gasteiger partial charge in [-0.1, -0.05) is 0 Å². The van der Waals surface area contributed by atoms with E-state index in [2.05, 4.69) is 0 Å². The summed E-state index contributed by atoms with van der Waals surface area (Å²) in [6.07, 6.45) is 2.27. The van der Waals surface area contributed by atoms with E-state index < -0.39 is 5.60 Å². The molecule has 0 radical (unpaired) electrons. The molecule has 0 saturated carbocycles. The number of ether oxygens (including phenoxy) is 2. The van der Waals surface area contributed by atoms with Gasteiger partial charge in [0, 0.05) is 13.0 Å². The molecule has 1 fully saturated rings. The van der Waals surface area contributed by atoms with Gasteiger partial charge in [0.2, 0.25) is 0 Å². The second-order valence-electron chi connectivity index (χ2n) is 6.35. The van der Waals surface area contributed by atoms with Crippen LogP contribution < -0.4 is 0 Å². The summed E-state index contributed by atoms with van der Waals surface area (Å²) >= 11 is 0. The van der Waals surface area contributed by atoms with Crippen molar-refractivity contribution in [1.29, 1.82) is 0 Å². The van der Waals surface area contributed by atoms with Gasteiger partial charge in [-0.25, -0.2) is 0 Å². The molecule has 0 spiro atoms. The first-order valence-corrected chi connectivity index (χ1v) is 7.29. The van der Waals surface area contributed by atoms with Crippen molar-refractivity contribution < 1.29 is 24.2 Å². The van der Waals surface area contributed by atoms with Gasteiger partial charge >= 0.3 is 5.97 Å². The molecule has 2 atom stereocenters. The Bertz CT molecular complexity index is 324. The van der Waals surface area contributed by atoms with Crippen LogP contribution in [0.5, 0.6) is 0 Å². The predicted molar refractivity (Wildman–Crippen MR) is 74.3 cm³/mol. The molecule has 0 unspecified atom stereocenters. The largest absolute Gasteiger partial charge is 0.460 e. The summed E-state index contributed by atoms with van der Waals surface area (Å²) in [5.74, 6) is -0.0299. The van der Waals surface area contributed by atoms with E-state index in [-0.39, 0.29) is 30.4 Å². The number of ketones is 1. The number of hydrogen-bond donors (Lipinski definition) is 1. The standard InChI is InChI=1S/C15H26O5/c1-15(2,3)20-14(18)9-11-6-7-13(19-10-11)12(17)5-4-8-16/h11,13,16H,4-10H2,1-3H3/t11-,13-/m0/s1. The summed E-state index contributed by atoms with van der Waals surface area (Å²) in [5, 5.41) is 8.70. The first-order valence-electron chi connectivity index (χ1n) is 7.29. The van der Waals surface area contributed by atoms with Crippen molar-refractivity contribution in [2.24, 2.45) is 5.92 Å². The van der Waals surface area contributed by atoms with Crippen LogP contribution in [0.1, 0.15) is 52.9 Å². The third-order valence-electron chi connectivity index (χ3n) is 3.19. The fourth-order valence-corrected chi connectivity index (χ4v) is 2.25. The van der Waals surface area contributed by atoms with Gasteiger partial charge in [0.25, 0.3) is 0 Å². The van der Waals surface area contributed by atoms with E-state index in [1.54, 1.807) is 0 Å². The number of Topliss-reactive ketones (excluding diaryl/α,β-unsaturated/α-hetero) is 1. The molecule has 0 aromatic rings. The third kappa shape index (κ3) is 6.48. The maximum atomic E-state index is 11.7. The van der Waals surface area contributed by atoms with Crippen LogP contribution in [-0.4, -0.2) is 41.8 Å². The van der Waals surface area contributed by atoms with Gasteiger partial charge in [-0.05, 0) is 46.0 Å². The van der Waals surface area contributed by atoms with Gasteiger partial charge in [-0.3, -0.25) is 9.59 Å². The molecule has 1 saturated heterocycles. The summed E-state index contributed by atoms with van der Waals surface area (Å²) in [6, 6.07) is 0. The van der Waals surface area contributed by atoms with Crippen LogP contribution in [0, 0.1) is 5.92 Å². The van der Waals surface area contributed by atoms with Crippen molar-refractivity contribution in [1.82, 2.24) is 0 Å². The second kappa shape index (κ2) is 7.74. The molecule has 0 amide bonds. The van der Waals surface area contributed by atoms with Gasteiger partial charge in [-0.2, -0.15) is 0 Å². The van der Waals surface area contributed by atoms with Crippen molar-refractivity contribution in [2.45, 2.75) is 64.6 Å². The zero-order valence-corrected chi connectivity index (χ0v) is 12.7. The minimum atomic E-state index is -0.463. The van der Waals surface area contributed by atoms with E-state index in [0.29, 0.717) is 32.3 Å². The lowest BCUT2D eigenvalue weighted by molar-refractivity contribution is -0.158. The van der Waals surface area contributed by atoms with Crippen molar-refractivity contribution in [3.8, 4) is 0 Å². The number of rotatable bonds is 6. The lowest BCUT2D eigenvalue weighted by atomic mass is 9.93. The summed E-state index contributed by atoms with van der Waals surface area (Å²) in [4.78, 5) is 23.5. The molecule has 0 bridgehead atoms. The van der Waals surface area contributed by atoms with Crippen LogP contribution >= 0.6 is 0 Å². The molecule has 1 heterocycles. The fraction of sp³-hybridized carbons (Fsp3) is 0.867. The number of aliphatic hydroxyl groups is 1. The highest BCUT2D eigenvalue weighted by molar-refractivity contribution is 5.83. The summed E-state index contributed by atoms with van der Waals surface area (Å²) in [5.41, 5.74) is -0.463. The molecule has 1 rings (SSSR count). The molecule has 1 aliphatic rings. The van der Waals surface area contributed by atoms with Gasteiger partial charge < -0.3 is 14.6 Å². The lowest BCUT2D eigenvalue weighted by Crippen LogP contribution is -2.34. The Hall–Kier alpha value is -0.940. The Morgan fingerprint density at radius 3 is 2.50 bits per heavy atom. The lowest BCUT2D eigenvalue weighted by Gasteiger charge is -2.28. The van der Waals surface area contributed by atoms with E-state index in [9.17, 15) is 9.59 Å². The van der Waals surface area contributed by atoms with Crippen molar-refractivity contribution in [3.05, 3.63) is 0 Å². The quantitative estimate of drug-likeness (QED) is 0.754. The van der Waals surface area contributed by atoms with Gasteiger partial charge in [0.15, 0.2) is 5.78 Å². The van der Waals surface area contributed by atoms with Crippen molar-refractivity contribution >= 4 is 11.8 Å². The zero-order chi connectivity index (χ0) is 15.2. The smallest absolute Gasteiger partial charge is 0.306 e. The fourth-order valence-electron chi connectivity index (χ4n) is 2.25.